The average Bonchev–Trinajstić information content (AvgIpc) is 2.18. The molecule has 0 N–H and O–H groups in total. The van der Waals surface area contributed by atoms with Gasteiger partial charge in [0.2, 0.25) is 0 Å². The Morgan fingerprint density at radius 2 is 2.18 bits per heavy atom. The first-order valence-corrected chi connectivity index (χ1v) is 5.05. The molecule has 0 aromatic carbocycles. The van der Waals surface area contributed by atoms with Crippen molar-refractivity contribution in [2.75, 3.05) is 12.3 Å². The fourth-order valence-corrected chi connectivity index (χ4v) is 1.57. The summed E-state index contributed by atoms with van der Waals surface area (Å²) in [6, 6.07) is 0. The molecule has 0 spiro atoms. The molecule has 1 rings (SSSR count). The predicted octanol–water partition coefficient (Wildman–Crippen LogP) is 3.40. The van der Waals surface area contributed by atoms with E-state index in [0.29, 0.717) is 23.2 Å². The third-order valence-corrected chi connectivity index (χ3v) is 2.15. The number of halogens is 2. The summed E-state index contributed by atoms with van der Waals surface area (Å²) >= 11 is 2.54. The fourth-order valence-electron chi connectivity index (χ4n) is 0.810. The molecule has 0 saturated carbocycles. The lowest BCUT2D eigenvalue weighted by Crippen LogP contribution is -1.85. The quantitative estimate of drug-likeness (QED) is 0.622. The molecule has 1 aliphatic heterocycles. The summed E-state index contributed by atoms with van der Waals surface area (Å²) in [4.78, 5) is 5.68. The Morgan fingerprint density at radius 3 is 2.82 bits per heavy atom. The summed E-state index contributed by atoms with van der Waals surface area (Å²) in [5.41, 5.74) is 1.16. The van der Waals surface area contributed by atoms with E-state index in [1.807, 2.05) is 11.8 Å². The Bertz CT molecular complexity index is 168. The van der Waals surface area contributed by atoms with Gasteiger partial charge in [0.05, 0.1) is 0 Å². The van der Waals surface area contributed by atoms with Gasteiger partial charge in [0.25, 0.3) is 0 Å². The molecular formula is C7H11FINS. The van der Waals surface area contributed by atoms with Gasteiger partial charge in [-0.05, 0) is 24.8 Å². The molecule has 0 bridgehead atoms. The van der Waals surface area contributed by atoms with Crippen LogP contribution in [0.25, 0.3) is 0 Å². The number of nitrogens with zero attached hydrogens (tertiary/aromatic N) is 1. The minimum absolute atomic E-state index is 0.650. The normalized spacial score (nSPS) is 17.1. The number of thioether (sulfide) groups is 1. The molecular weight excluding hydrogens is 276 g/mol. The van der Waals surface area contributed by atoms with Crippen LogP contribution in [0.5, 0.6) is 0 Å². The third-order valence-electron chi connectivity index (χ3n) is 1.19. The number of hydrogen-bond acceptors (Lipinski definition) is 2. The van der Waals surface area contributed by atoms with E-state index in [1.54, 1.807) is 0 Å². The summed E-state index contributed by atoms with van der Waals surface area (Å²) in [5, 5.41) is 0. The van der Waals surface area contributed by atoms with Crippen LogP contribution in [0.1, 0.15) is 13.8 Å². The van der Waals surface area contributed by atoms with Gasteiger partial charge in [-0.3, -0.25) is 4.99 Å². The Kier molecular flexibility index (Phi) is 7.36. The first kappa shape index (κ1) is 11.4. The molecule has 0 amide bonds. The van der Waals surface area contributed by atoms with E-state index in [4.69, 9.17) is 0 Å². The van der Waals surface area contributed by atoms with Gasteiger partial charge in [-0.25, -0.2) is 0 Å². The fraction of sp³-hybridized carbons (Fsp3) is 0.571. The third kappa shape index (κ3) is 5.66. The molecule has 1 aliphatic rings. The topological polar surface area (TPSA) is 12.4 Å². The SMILES string of the molecule is CC1=CC(C)=NCCS1.FI. The van der Waals surface area contributed by atoms with Crippen molar-refractivity contribution in [2.24, 2.45) is 4.99 Å². The standard InChI is InChI=1S/C7H11NS.FI/c1-6-5-7(2)9-4-3-8-6;1-2/h5H,3-4H2,1-2H3;. The largest absolute Gasteiger partial charge is 0.289 e. The van der Waals surface area contributed by atoms with Crippen LogP contribution >= 0.6 is 34.9 Å². The first-order chi connectivity index (χ1) is 5.29. The maximum Gasteiger partial charge on any atom is 0.171 e. The van der Waals surface area contributed by atoms with Crippen LogP contribution in [0.2, 0.25) is 0 Å². The Labute approximate surface area is 85.5 Å². The zero-order chi connectivity index (χ0) is 8.69. The maximum absolute atomic E-state index is 9.47. The molecule has 0 aromatic heterocycles. The molecule has 4 heteroatoms. The molecule has 1 nitrogen and oxygen atoms in total. The molecule has 11 heavy (non-hydrogen) atoms. The highest BCUT2D eigenvalue weighted by molar-refractivity contribution is 14.1. The Morgan fingerprint density at radius 1 is 1.55 bits per heavy atom. The van der Waals surface area contributed by atoms with Crippen molar-refractivity contribution in [3.8, 4) is 0 Å². The molecule has 0 aromatic rings. The number of hydrogen-bond donors (Lipinski definition) is 0. The van der Waals surface area contributed by atoms with Gasteiger partial charge in [0.1, 0.15) is 0 Å². The van der Waals surface area contributed by atoms with Crippen molar-refractivity contribution in [2.45, 2.75) is 13.8 Å². The smallest absolute Gasteiger partial charge is 0.171 e. The lowest BCUT2D eigenvalue weighted by atomic mass is 10.4. The number of allylic oxidation sites excluding steroid dienone is 2. The summed E-state index contributed by atoms with van der Waals surface area (Å²) in [6.45, 7) is 5.16. The van der Waals surface area contributed by atoms with Crippen LogP contribution in [-0.4, -0.2) is 18.0 Å². The van der Waals surface area contributed by atoms with Crippen LogP contribution in [0, 0.1) is 0 Å². The lowest BCUT2D eigenvalue weighted by molar-refractivity contribution is 1.03. The predicted molar refractivity (Wildman–Crippen MR) is 59.3 cm³/mol. The minimum atomic E-state index is 0.650. The lowest BCUT2D eigenvalue weighted by Gasteiger charge is -1.91. The molecule has 0 aliphatic carbocycles. The van der Waals surface area contributed by atoms with Crippen molar-refractivity contribution < 1.29 is 2.86 Å². The van der Waals surface area contributed by atoms with Crippen molar-refractivity contribution in [1.82, 2.24) is 0 Å². The van der Waals surface area contributed by atoms with Crippen LogP contribution < -0.4 is 0 Å². The second-order valence-electron chi connectivity index (χ2n) is 2.13. The highest BCUT2D eigenvalue weighted by Crippen LogP contribution is 2.16. The second kappa shape index (κ2) is 7.09. The van der Waals surface area contributed by atoms with Gasteiger partial charge in [-0.1, -0.05) is 0 Å². The Hall–Kier alpha value is 0.420. The number of rotatable bonds is 0. The highest BCUT2D eigenvalue weighted by atomic mass is 127. The van der Waals surface area contributed by atoms with E-state index in [0.717, 1.165) is 18.0 Å². The summed E-state index contributed by atoms with van der Waals surface area (Å²) in [6.07, 6.45) is 2.14. The molecule has 0 fully saturated rings. The van der Waals surface area contributed by atoms with Crippen molar-refractivity contribution in [1.29, 1.82) is 0 Å². The zero-order valence-corrected chi connectivity index (χ0v) is 9.58. The molecule has 0 radical (unpaired) electrons. The van der Waals surface area contributed by atoms with Crippen LogP contribution in [-0.2, 0) is 0 Å². The zero-order valence-electron chi connectivity index (χ0n) is 6.60. The van der Waals surface area contributed by atoms with Gasteiger partial charge < -0.3 is 0 Å². The van der Waals surface area contributed by atoms with E-state index in [-0.39, 0.29) is 0 Å². The van der Waals surface area contributed by atoms with Gasteiger partial charge in [-0.2, -0.15) is 2.86 Å². The minimum Gasteiger partial charge on any atom is -0.289 e. The van der Waals surface area contributed by atoms with Gasteiger partial charge in [0, 0.05) is 18.0 Å². The average molecular weight is 287 g/mol. The molecule has 64 valence electrons. The highest BCUT2D eigenvalue weighted by Gasteiger charge is 1.96. The monoisotopic (exact) mass is 287 g/mol. The molecule has 0 saturated heterocycles. The summed E-state index contributed by atoms with van der Waals surface area (Å²) in [5.74, 6) is 1.14. The van der Waals surface area contributed by atoms with Crippen LogP contribution in [0.4, 0.5) is 2.86 Å². The van der Waals surface area contributed by atoms with Gasteiger partial charge in [-0.15, -0.1) is 11.8 Å². The summed E-state index contributed by atoms with van der Waals surface area (Å²) < 4.78 is 9.47. The van der Waals surface area contributed by atoms with Crippen LogP contribution in [0.3, 0.4) is 0 Å². The van der Waals surface area contributed by atoms with E-state index in [1.165, 1.54) is 4.91 Å². The van der Waals surface area contributed by atoms with Gasteiger partial charge in [0.15, 0.2) is 23.2 Å². The van der Waals surface area contributed by atoms with Crippen molar-refractivity contribution in [3.05, 3.63) is 11.0 Å². The maximum atomic E-state index is 9.47. The first-order valence-electron chi connectivity index (χ1n) is 3.25. The summed E-state index contributed by atoms with van der Waals surface area (Å²) in [7, 11) is 0. The second-order valence-corrected chi connectivity index (χ2v) is 3.47. The van der Waals surface area contributed by atoms with Gasteiger partial charge >= 0.3 is 0 Å². The van der Waals surface area contributed by atoms with E-state index >= 15 is 0 Å². The number of aliphatic imine (C=N–C) groups is 1. The van der Waals surface area contributed by atoms with E-state index in [2.05, 4.69) is 24.9 Å². The van der Waals surface area contributed by atoms with E-state index < -0.39 is 0 Å². The molecule has 0 atom stereocenters. The van der Waals surface area contributed by atoms with E-state index in [9.17, 15) is 2.86 Å². The Balaban J connectivity index is 0.000000461. The molecule has 1 heterocycles. The molecule has 0 unspecified atom stereocenters. The van der Waals surface area contributed by atoms with Crippen LogP contribution in [0.15, 0.2) is 16.0 Å². The van der Waals surface area contributed by atoms with Crippen molar-refractivity contribution in [3.63, 3.8) is 0 Å². The van der Waals surface area contributed by atoms with Crippen molar-refractivity contribution >= 4 is 40.6 Å².